The first-order valence-electron chi connectivity index (χ1n) is 4.56. The Balaban J connectivity index is 2.31. The Morgan fingerprint density at radius 1 is 1.73 bits per heavy atom. The second kappa shape index (κ2) is 6.09. The molecule has 1 atom stereocenters. The van der Waals surface area contributed by atoms with Gasteiger partial charge in [-0.2, -0.15) is 0 Å². The van der Waals surface area contributed by atoms with Gasteiger partial charge in [-0.05, 0) is 35.0 Å². The van der Waals surface area contributed by atoms with E-state index in [0.29, 0.717) is 6.42 Å². The summed E-state index contributed by atoms with van der Waals surface area (Å²) in [5, 5.41) is 14.6. The predicted molar refractivity (Wildman–Crippen MR) is 66.3 cm³/mol. The van der Waals surface area contributed by atoms with Crippen molar-refractivity contribution >= 4 is 33.1 Å². The minimum absolute atomic E-state index is 0.196. The van der Waals surface area contributed by atoms with Crippen LogP contribution in [0.4, 0.5) is 0 Å². The lowest BCUT2D eigenvalue weighted by Crippen LogP contribution is -2.30. The lowest BCUT2D eigenvalue weighted by molar-refractivity contribution is 0.316. The summed E-state index contributed by atoms with van der Waals surface area (Å²) in [6.07, 6.45) is 0.545. The first kappa shape index (κ1) is 12.5. The molecule has 4 nitrogen and oxygen atoms in total. The van der Waals surface area contributed by atoms with Gasteiger partial charge in [0.2, 0.25) is 0 Å². The monoisotopic (exact) mass is 291 g/mol. The van der Waals surface area contributed by atoms with Crippen LogP contribution < -0.4 is 11.1 Å². The van der Waals surface area contributed by atoms with Crippen molar-refractivity contribution in [2.75, 3.05) is 0 Å². The maximum absolute atomic E-state index is 8.40. The number of nitrogens with one attached hydrogen (secondary N) is 1. The van der Waals surface area contributed by atoms with E-state index in [4.69, 9.17) is 10.9 Å². The van der Waals surface area contributed by atoms with Gasteiger partial charge in [0.15, 0.2) is 0 Å². The predicted octanol–water partition coefficient (Wildman–Crippen LogP) is 2.13. The van der Waals surface area contributed by atoms with Gasteiger partial charge < -0.3 is 16.3 Å². The Kier molecular flexibility index (Phi) is 5.07. The molecule has 0 bridgehead atoms. The average Bonchev–Trinajstić information content (AvgIpc) is 2.61. The van der Waals surface area contributed by atoms with Crippen LogP contribution in [0.2, 0.25) is 0 Å². The maximum atomic E-state index is 8.40. The minimum Gasteiger partial charge on any atom is -0.409 e. The van der Waals surface area contributed by atoms with Crippen LogP contribution in [0.15, 0.2) is 21.1 Å². The number of halogens is 1. The molecule has 0 fully saturated rings. The number of nitrogens with two attached hydrogens (primary N) is 1. The van der Waals surface area contributed by atoms with Gasteiger partial charge >= 0.3 is 0 Å². The molecular formula is C9H14BrN3OS. The number of amidine groups is 1. The highest BCUT2D eigenvalue weighted by molar-refractivity contribution is 9.11. The molecule has 4 N–H and O–H groups in total. The van der Waals surface area contributed by atoms with Crippen molar-refractivity contribution in [2.24, 2.45) is 10.9 Å². The molecule has 0 radical (unpaired) electrons. The van der Waals surface area contributed by atoms with Crippen LogP contribution in [0.3, 0.4) is 0 Å². The summed E-state index contributed by atoms with van der Waals surface area (Å²) < 4.78 is 1.13. The molecule has 1 aromatic heterocycles. The van der Waals surface area contributed by atoms with Crippen LogP contribution >= 0.6 is 27.3 Å². The summed E-state index contributed by atoms with van der Waals surface area (Å²) in [5.41, 5.74) is 5.40. The van der Waals surface area contributed by atoms with Crippen molar-refractivity contribution in [1.29, 1.82) is 0 Å². The minimum atomic E-state index is 0.196. The third-order valence-corrected chi connectivity index (χ3v) is 3.52. The molecule has 1 unspecified atom stereocenters. The summed E-state index contributed by atoms with van der Waals surface area (Å²) in [6.45, 7) is 2.80. The van der Waals surface area contributed by atoms with Gasteiger partial charge in [-0.3, -0.25) is 0 Å². The molecule has 0 aliphatic carbocycles. The standard InChI is InChI=1S/C9H14BrN3OS/c1-6(4-9(11)13-14)12-5-7-2-3-8(10)15-7/h2-3,6,12,14H,4-5H2,1H3,(H2,11,13). The second-order valence-corrected chi connectivity index (χ2v) is 5.83. The molecule has 6 heteroatoms. The zero-order chi connectivity index (χ0) is 11.3. The largest absolute Gasteiger partial charge is 0.409 e. The van der Waals surface area contributed by atoms with E-state index in [-0.39, 0.29) is 11.9 Å². The Morgan fingerprint density at radius 3 is 3.00 bits per heavy atom. The molecule has 1 aromatic rings. The van der Waals surface area contributed by atoms with Gasteiger partial charge in [0.1, 0.15) is 5.84 Å². The van der Waals surface area contributed by atoms with Crippen LogP contribution in [0.5, 0.6) is 0 Å². The Morgan fingerprint density at radius 2 is 2.47 bits per heavy atom. The van der Waals surface area contributed by atoms with E-state index >= 15 is 0 Å². The number of hydrogen-bond acceptors (Lipinski definition) is 4. The number of nitrogens with zero attached hydrogens (tertiary/aromatic N) is 1. The van der Waals surface area contributed by atoms with E-state index in [1.165, 1.54) is 4.88 Å². The molecule has 0 aliphatic heterocycles. The van der Waals surface area contributed by atoms with Crippen molar-refractivity contribution in [3.8, 4) is 0 Å². The first-order chi connectivity index (χ1) is 7.11. The third-order valence-electron chi connectivity index (χ3n) is 1.90. The number of rotatable bonds is 5. The number of hydrogen-bond donors (Lipinski definition) is 3. The lowest BCUT2D eigenvalue weighted by atomic mass is 10.2. The van der Waals surface area contributed by atoms with Crippen molar-refractivity contribution in [1.82, 2.24) is 5.32 Å². The highest BCUT2D eigenvalue weighted by atomic mass is 79.9. The quantitative estimate of drug-likeness (QED) is 0.337. The molecule has 1 heterocycles. The van der Waals surface area contributed by atoms with Gasteiger partial charge in [-0.1, -0.05) is 5.16 Å². The summed E-state index contributed by atoms with van der Waals surface area (Å²) >= 11 is 5.11. The lowest BCUT2D eigenvalue weighted by Gasteiger charge is -2.11. The fraction of sp³-hybridized carbons (Fsp3) is 0.444. The van der Waals surface area contributed by atoms with E-state index in [1.54, 1.807) is 11.3 Å². The highest BCUT2D eigenvalue weighted by Gasteiger charge is 2.05. The average molecular weight is 292 g/mol. The zero-order valence-electron chi connectivity index (χ0n) is 8.40. The van der Waals surface area contributed by atoms with Gasteiger partial charge in [0.25, 0.3) is 0 Å². The van der Waals surface area contributed by atoms with Crippen molar-refractivity contribution in [2.45, 2.75) is 25.9 Å². The van der Waals surface area contributed by atoms with Gasteiger partial charge in [0, 0.05) is 23.9 Å². The Labute approximate surface area is 101 Å². The van der Waals surface area contributed by atoms with Crippen LogP contribution in [0, 0.1) is 0 Å². The summed E-state index contributed by atoms with van der Waals surface area (Å²) in [5.74, 6) is 0.252. The second-order valence-electron chi connectivity index (χ2n) is 3.28. The van der Waals surface area contributed by atoms with E-state index in [1.807, 2.05) is 13.0 Å². The van der Waals surface area contributed by atoms with Crippen molar-refractivity contribution < 1.29 is 5.21 Å². The molecule has 0 aromatic carbocycles. The van der Waals surface area contributed by atoms with E-state index in [2.05, 4.69) is 32.5 Å². The fourth-order valence-corrected chi connectivity index (χ4v) is 2.58. The normalized spacial score (nSPS) is 14.1. The Bertz CT molecular complexity index is 340. The molecule has 0 spiro atoms. The van der Waals surface area contributed by atoms with Crippen LogP contribution in [-0.4, -0.2) is 17.1 Å². The third kappa shape index (κ3) is 4.63. The molecule has 0 saturated heterocycles. The van der Waals surface area contributed by atoms with Crippen molar-refractivity contribution in [3.63, 3.8) is 0 Å². The number of thiophene rings is 1. The molecule has 15 heavy (non-hydrogen) atoms. The molecule has 0 saturated carbocycles. The van der Waals surface area contributed by atoms with Crippen molar-refractivity contribution in [3.05, 3.63) is 20.8 Å². The van der Waals surface area contributed by atoms with Crippen LogP contribution in [0.25, 0.3) is 0 Å². The highest BCUT2D eigenvalue weighted by Crippen LogP contribution is 2.21. The molecule has 0 aliphatic rings. The Hall–Kier alpha value is -0.590. The van der Waals surface area contributed by atoms with E-state index in [0.717, 1.165) is 10.3 Å². The van der Waals surface area contributed by atoms with Crippen LogP contribution in [0.1, 0.15) is 18.2 Å². The topological polar surface area (TPSA) is 70.6 Å². The van der Waals surface area contributed by atoms with E-state index in [9.17, 15) is 0 Å². The van der Waals surface area contributed by atoms with Gasteiger partial charge in [-0.15, -0.1) is 11.3 Å². The molecule has 1 rings (SSSR count). The first-order valence-corrected chi connectivity index (χ1v) is 6.16. The van der Waals surface area contributed by atoms with Crippen LogP contribution in [-0.2, 0) is 6.54 Å². The smallest absolute Gasteiger partial charge is 0.140 e. The SMILES string of the molecule is CC(CC(N)=NO)NCc1ccc(Br)s1. The summed E-state index contributed by atoms with van der Waals surface area (Å²) in [6, 6.07) is 4.29. The molecular weight excluding hydrogens is 278 g/mol. The summed E-state index contributed by atoms with van der Waals surface area (Å²) in [7, 11) is 0. The zero-order valence-corrected chi connectivity index (χ0v) is 10.8. The molecule has 0 amide bonds. The number of oxime groups is 1. The van der Waals surface area contributed by atoms with Gasteiger partial charge in [-0.25, -0.2) is 0 Å². The molecule has 84 valence electrons. The van der Waals surface area contributed by atoms with Gasteiger partial charge in [0.05, 0.1) is 3.79 Å². The summed E-state index contributed by atoms with van der Waals surface area (Å²) in [4.78, 5) is 1.26. The van der Waals surface area contributed by atoms with E-state index < -0.39 is 0 Å². The fourth-order valence-electron chi connectivity index (χ4n) is 1.15. The maximum Gasteiger partial charge on any atom is 0.140 e.